The molecule has 4 heterocycles. The number of benzene rings is 1. The van der Waals surface area contributed by atoms with Crippen molar-refractivity contribution in [2.75, 3.05) is 5.32 Å². The zero-order valence-corrected chi connectivity index (χ0v) is 15.1. The van der Waals surface area contributed by atoms with Crippen LogP contribution in [0, 0.1) is 6.92 Å². The average Bonchev–Trinajstić information content (AvgIpc) is 3.11. The predicted molar refractivity (Wildman–Crippen MR) is 105 cm³/mol. The van der Waals surface area contributed by atoms with Crippen LogP contribution in [0.3, 0.4) is 0 Å². The third-order valence-electron chi connectivity index (χ3n) is 5.65. The van der Waals surface area contributed by atoms with Crippen LogP contribution in [0.15, 0.2) is 42.7 Å². The molecule has 1 aromatic carbocycles. The van der Waals surface area contributed by atoms with Crippen LogP contribution in [0.2, 0.25) is 0 Å². The molecule has 2 fully saturated rings. The second-order valence-electron chi connectivity index (χ2n) is 7.30. The van der Waals surface area contributed by atoms with Crippen LogP contribution in [0.1, 0.15) is 32.7 Å². The topological polar surface area (TPSA) is 62.5 Å². The minimum absolute atomic E-state index is 0. The van der Waals surface area contributed by atoms with Gasteiger partial charge < -0.3 is 10.2 Å². The highest BCUT2D eigenvalue weighted by molar-refractivity contribution is 5.91. The number of nitrogens with one attached hydrogen (secondary N) is 1. The van der Waals surface area contributed by atoms with Crippen molar-refractivity contribution in [1.82, 2.24) is 19.5 Å². The van der Waals surface area contributed by atoms with Gasteiger partial charge in [0.2, 0.25) is 0 Å². The Hall–Kier alpha value is -2.96. The Kier molecular flexibility index (Phi) is 4.30. The third-order valence-corrected chi connectivity index (χ3v) is 5.65. The maximum Gasteiger partial charge on any atom is 0.322 e. The highest BCUT2D eigenvalue weighted by Crippen LogP contribution is 2.38. The molecule has 7 heteroatoms. The molecule has 2 amide bonds. The van der Waals surface area contributed by atoms with Gasteiger partial charge >= 0.3 is 6.03 Å². The van der Waals surface area contributed by atoms with Crippen LogP contribution in [0.4, 0.5) is 15.2 Å². The fourth-order valence-corrected chi connectivity index (χ4v) is 4.22. The number of aryl methyl sites for hydroxylation is 1. The summed E-state index contributed by atoms with van der Waals surface area (Å²) in [4.78, 5) is 19.2. The van der Waals surface area contributed by atoms with E-state index in [-0.39, 0.29) is 12.2 Å². The van der Waals surface area contributed by atoms with E-state index in [0.29, 0.717) is 17.9 Å². The minimum atomic E-state index is 0. The second kappa shape index (κ2) is 6.64. The van der Waals surface area contributed by atoms with E-state index in [1.807, 2.05) is 59.1 Å². The largest absolute Gasteiger partial charge is 0.322 e. The second-order valence-corrected chi connectivity index (χ2v) is 7.30. The van der Waals surface area contributed by atoms with Crippen LogP contribution in [-0.4, -0.2) is 37.6 Å². The third kappa shape index (κ3) is 2.93. The molecule has 0 aliphatic carbocycles. The van der Waals surface area contributed by atoms with E-state index in [0.717, 1.165) is 41.6 Å². The molecule has 0 radical (unpaired) electrons. The van der Waals surface area contributed by atoms with Crippen LogP contribution in [-0.2, 0) is 0 Å². The summed E-state index contributed by atoms with van der Waals surface area (Å²) in [6.07, 6.45) is 8.39. The number of urea groups is 1. The molecular weight excluding hydrogens is 345 g/mol. The Morgan fingerprint density at radius 3 is 2.85 bits per heavy atom. The molecule has 27 heavy (non-hydrogen) atoms. The maximum atomic E-state index is 12.7. The van der Waals surface area contributed by atoms with E-state index in [2.05, 4.69) is 15.4 Å². The lowest BCUT2D eigenvalue weighted by Crippen LogP contribution is -2.62. The molecule has 2 saturated heterocycles. The van der Waals surface area contributed by atoms with Gasteiger partial charge in [0.15, 0.2) is 5.82 Å². The van der Waals surface area contributed by atoms with Gasteiger partial charge in [-0.3, -0.25) is 4.70 Å². The summed E-state index contributed by atoms with van der Waals surface area (Å²) in [5.41, 5.74) is 3.76. The average molecular weight is 369 g/mol. The summed E-state index contributed by atoms with van der Waals surface area (Å²) in [5, 5.41) is 7.64. The van der Waals surface area contributed by atoms with Crippen molar-refractivity contribution in [3.63, 3.8) is 0 Å². The standard InChI is InChI=1S/C20H21N5O.FH.H2/c1-13-7-8-14(22-20(26)25-15-4-2-5-16(25)11-15)10-18(13)19-21-12-17-6-3-9-24(17)23-19;;/h3,6-10,12,15-16H,2,4-5,11H2,1H3,(H,22,26);2*1H. The number of amides is 2. The molecule has 2 aliphatic rings. The lowest BCUT2D eigenvalue weighted by atomic mass is 9.80. The van der Waals surface area contributed by atoms with Crippen molar-refractivity contribution in [2.24, 2.45) is 0 Å². The molecule has 6 nitrogen and oxygen atoms in total. The molecule has 2 aliphatic heterocycles. The first-order valence-electron chi connectivity index (χ1n) is 9.20. The molecule has 0 saturated carbocycles. The van der Waals surface area contributed by atoms with Gasteiger partial charge in [0.05, 0.1) is 11.7 Å². The maximum absolute atomic E-state index is 12.7. The quantitative estimate of drug-likeness (QED) is 0.734. The molecule has 2 atom stereocenters. The zero-order chi connectivity index (χ0) is 17.7. The first kappa shape index (κ1) is 17.5. The van der Waals surface area contributed by atoms with E-state index < -0.39 is 0 Å². The lowest BCUT2D eigenvalue weighted by Gasteiger charge is -2.52. The van der Waals surface area contributed by atoms with Gasteiger partial charge in [-0.25, -0.2) is 14.3 Å². The summed E-state index contributed by atoms with van der Waals surface area (Å²) < 4.78 is 1.81. The van der Waals surface area contributed by atoms with E-state index in [1.54, 1.807) is 0 Å². The number of carbonyl (C=O) groups excluding carboxylic acids is 1. The summed E-state index contributed by atoms with van der Waals surface area (Å²) in [6, 6.07) is 10.7. The van der Waals surface area contributed by atoms with Crippen LogP contribution in [0.25, 0.3) is 16.9 Å². The molecule has 2 unspecified atom stereocenters. The lowest BCUT2D eigenvalue weighted by molar-refractivity contribution is 0.0173. The fourth-order valence-electron chi connectivity index (χ4n) is 4.22. The highest BCUT2D eigenvalue weighted by Gasteiger charge is 2.44. The zero-order valence-electron chi connectivity index (χ0n) is 15.1. The smallest absolute Gasteiger partial charge is 0.318 e. The molecule has 0 spiro atoms. The van der Waals surface area contributed by atoms with E-state index in [1.165, 1.54) is 6.42 Å². The number of nitrogens with zero attached hydrogens (tertiary/aromatic N) is 4. The molecular formula is C20H24FN5O. The normalized spacial score (nSPS) is 20.7. The molecule has 3 aromatic rings. The van der Waals surface area contributed by atoms with Gasteiger partial charge in [-0.2, -0.15) is 0 Å². The van der Waals surface area contributed by atoms with Crippen LogP contribution >= 0.6 is 0 Å². The molecule has 142 valence electrons. The number of hydrogen-bond donors (Lipinski definition) is 1. The monoisotopic (exact) mass is 369 g/mol. The van der Waals surface area contributed by atoms with Crippen molar-refractivity contribution in [3.8, 4) is 11.4 Å². The number of piperidine rings is 1. The van der Waals surface area contributed by atoms with E-state index in [9.17, 15) is 4.79 Å². The van der Waals surface area contributed by atoms with Crippen LogP contribution < -0.4 is 5.32 Å². The molecule has 5 rings (SSSR count). The number of halogens is 1. The van der Waals surface area contributed by atoms with Crippen molar-refractivity contribution in [1.29, 1.82) is 0 Å². The Morgan fingerprint density at radius 2 is 2.07 bits per heavy atom. The summed E-state index contributed by atoms with van der Waals surface area (Å²) in [7, 11) is 0. The number of fused-ring (bicyclic) bond motifs is 3. The molecule has 2 aromatic heterocycles. The number of anilines is 1. The van der Waals surface area contributed by atoms with Crippen LogP contribution in [0.5, 0.6) is 0 Å². The Bertz CT molecular complexity index is 993. The first-order chi connectivity index (χ1) is 12.7. The van der Waals surface area contributed by atoms with Crippen molar-refractivity contribution >= 4 is 17.2 Å². The summed E-state index contributed by atoms with van der Waals surface area (Å²) in [6.45, 7) is 2.03. The first-order valence-corrected chi connectivity index (χ1v) is 9.20. The van der Waals surface area contributed by atoms with E-state index in [4.69, 9.17) is 0 Å². The summed E-state index contributed by atoms with van der Waals surface area (Å²) in [5.74, 6) is 0.656. The van der Waals surface area contributed by atoms with Crippen molar-refractivity contribution in [3.05, 3.63) is 48.3 Å². The Morgan fingerprint density at radius 1 is 1.26 bits per heavy atom. The van der Waals surface area contributed by atoms with Gasteiger partial charge in [-0.1, -0.05) is 6.07 Å². The minimum Gasteiger partial charge on any atom is -0.318 e. The number of aromatic nitrogens is 3. The molecule has 1 N–H and O–H groups in total. The fraction of sp³-hybridized carbons (Fsp3) is 0.350. The summed E-state index contributed by atoms with van der Waals surface area (Å²) >= 11 is 0. The number of carbonyl (C=O) groups is 1. The van der Waals surface area contributed by atoms with Gasteiger partial charge in [0.25, 0.3) is 0 Å². The van der Waals surface area contributed by atoms with E-state index >= 15 is 0 Å². The van der Waals surface area contributed by atoms with Gasteiger partial charge in [0.1, 0.15) is 0 Å². The Labute approximate surface area is 158 Å². The number of rotatable bonds is 2. The Balaban J connectivity index is 0.00000112. The number of hydrogen-bond acceptors (Lipinski definition) is 3. The van der Waals surface area contributed by atoms with Crippen molar-refractivity contribution < 1.29 is 10.9 Å². The van der Waals surface area contributed by atoms with Gasteiger partial charge in [-0.15, -0.1) is 5.10 Å². The SMILES string of the molecule is Cc1ccc(NC(=O)N2C3CCCC2C3)cc1-c1ncc2cccn2n1.F.[HH]. The van der Waals surface area contributed by atoms with Gasteiger partial charge in [-0.05, 0) is 62.4 Å². The highest BCUT2D eigenvalue weighted by atomic mass is 19.0. The van der Waals surface area contributed by atoms with Crippen molar-refractivity contribution in [2.45, 2.75) is 44.7 Å². The van der Waals surface area contributed by atoms with Gasteiger partial charge in [0, 0.05) is 31.0 Å². The molecule has 2 bridgehead atoms. The predicted octanol–water partition coefficient (Wildman–Crippen LogP) is 4.26.